The topological polar surface area (TPSA) is 57.2 Å². The second kappa shape index (κ2) is 14.5. The molecule has 286 valence electrons. The fourth-order valence-corrected chi connectivity index (χ4v) is 9.13. The van der Waals surface area contributed by atoms with Gasteiger partial charge in [0, 0.05) is 22.3 Å². The maximum atomic E-state index is 10.7. The monoisotopic (exact) mass is 748 g/mol. The van der Waals surface area contributed by atoms with E-state index in [1.807, 2.05) is 0 Å². The zero-order valence-electron chi connectivity index (χ0n) is 34.4. The summed E-state index contributed by atoms with van der Waals surface area (Å²) in [5.74, 6) is 0. The Labute approximate surface area is 311 Å². The van der Waals surface area contributed by atoms with E-state index in [-0.39, 0.29) is 43.4 Å². The van der Waals surface area contributed by atoms with Crippen molar-refractivity contribution in [1.29, 1.82) is 0 Å². The molecule has 0 heterocycles. The van der Waals surface area contributed by atoms with Crippen LogP contribution in [-0.4, -0.2) is 18.5 Å². The van der Waals surface area contributed by atoms with Gasteiger partial charge in [0.25, 0.3) is 0 Å². The van der Waals surface area contributed by atoms with E-state index in [0.29, 0.717) is 0 Å². The molecule has 0 aliphatic heterocycles. The van der Waals surface area contributed by atoms with Crippen LogP contribution in [0, 0.1) is 0 Å². The van der Waals surface area contributed by atoms with E-state index in [0.717, 1.165) is 0 Å². The fourth-order valence-electron chi connectivity index (χ4n) is 5.69. The Hall–Kier alpha value is -2.29. The van der Waals surface area contributed by atoms with Gasteiger partial charge in [-0.3, -0.25) is 0 Å². The molecule has 0 radical (unpaired) electrons. The maximum Gasteiger partial charge on any atom is 0.485 e. The third-order valence-electron chi connectivity index (χ3n) is 8.81. The molecule has 3 aromatic rings. The van der Waals surface area contributed by atoms with E-state index in [1.54, 1.807) is 0 Å². The van der Waals surface area contributed by atoms with Crippen molar-refractivity contribution in [1.82, 2.24) is 0 Å². The number of alkyl halides is 3. The van der Waals surface area contributed by atoms with Crippen LogP contribution in [0.15, 0.2) is 69.3 Å². The van der Waals surface area contributed by atoms with Gasteiger partial charge < -0.3 is 4.55 Å². The lowest BCUT2D eigenvalue weighted by atomic mass is 9.75. The van der Waals surface area contributed by atoms with Crippen molar-refractivity contribution in [2.75, 3.05) is 0 Å². The predicted octanol–water partition coefficient (Wildman–Crippen LogP) is 12.6. The minimum atomic E-state index is -6.09. The Morgan fingerprint density at radius 3 is 0.882 bits per heavy atom. The molecule has 0 atom stereocenters. The molecule has 0 saturated carbocycles. The lowest BCUT2D eigenvalue weighted by Crippen LogP contribution is -2.30. The number of rotatable bonds is 3. The Morgan fingerprint density at radius 2 is 0.706 bits per heavy atom. The van der Waals surface area contributed by atoms with E-state index in [2.05, 4.69) is 179 Å². The summed E-state index contributed by atoms with van der Waals surface area (Å²) in [4.78, 5) is 4.46. The van der Waals surface area contributed by atoms with Gasteiger partial charge in [0.15, 0.2) is 24.8 Å². The van der Waals surface area contributed by atoms with Gasteiger partial charge in [0.05, 0.1) is 0 Å². The zero-order valence-corrected chi connectivity index (χ0v) is 36.0. The van der Waals surface area contributed by atoms with Crippen molar-refractivity contribution in [3.63, 3.8) is 0 Å². The molecule has 0 spiro atoms. The summed E-state index contributed by atoms with van der Waals surface area (Å²) in [6.07, 6.45) is 0. The van der Waals surface area contributed by atoms with Crippen LogP contribution in [0.4, 0.5) is 13.2 Å². The second-order valence-corrected chi connectivity index (χ2v) is 23.1. The van der Waals surface area contributed by atoms with Crippen molar-refractivity contribution in [3.05, 3.63) is 88.0 Å². The predicted molar refractivity (Wildman–Crippen MR) is 209 cm³/mol. The van der Waals surface area contributed by atoms with Crippen molar-refractivity contribution >= 4 is 21.0 Å². The van der Waals surface area contributed by atoms with Gasteiger partial charge >= 0.3 is 5.51 Å². The zero-order chi connectivity index (χ0) is 40.1. The molecule has 0 N–H and O–H groups in total. The van der Waals surface area contributed by atoms with E-state index in [4.69, 9.17) is 13.0 Å². The molecule has 0 unspecified atom stereocenters. The molecule has 8 heteroatoms. The van der Waals surface area contributed by atoms with Gasteiger partial charge in [-0.05, 0) is 80.0 Å². The average molecular weight is 749 g/mol. The summed E-state index contributed by atoms with van der Waals surface area (Å²) in [6, 6.07) is 21.7. The molecule has 0 amide bonds. The van der Waals surface area contributed by atoms with Crippen LogP contribution in [0.1, 0.15) is 158 Å². The Bertz CT molecular complexity index is 1620. The molecule has 51 heavy (non-hydrogen) atoms. The molecule has 0 aliphatic rings. The fraction of sp³-hybridized carbons (Fsp3) is 0.581. The molecule has 0 bridgehead atoms. The van der Waals surface area contributed by atoms with E-state index in [9.17, 15) is 13.2 Å². The van der Waals surface area contributed by atoms with Crippen molar-refractivity contribution in [2.24, 2.45) is 0 Å². The highest BCUT2D eigenvalue weighted by molar-refractivity contribution is 7.97. The minimum Gasteiger partial charge on any atom is -0.741 e. The highest BCUT2D eigenvalue weighted by atomic mass is 32.2. The molecule has 3 aromatic carbocycles. The molecule has 0 aromatic heterocycles. The molecular formula is C43H63F3O3S2. The summed E-state index contributed by atoms with van der Waals surface area (Å²) < 4.78 is 58.9. The van der Waals surface area contributed by atoms with E-state index in [1.165, 1.54) is 48.1 Å². The van der Waals surface area contributed by atoms with Crippen LogP contribution in [0.25, 0.3) is 0 Å². The molecular weight excluding hydrogens is 686 g/mol. The lowest BCUT2D eigenvalue weighted by molar-refractivity contribution is -0.0517. The Morgan fingerprint density at radius 1 is 0.471 bits per heavy atom. The largest absolute Gasteiger partial charge is 0.741 e. The third-order valence-corrected chi connectivity index (χ3v) is 11.8. The molecule has 0 saturated heterocycles. The van der Waals surface area contributed by atoms with Crippen LogP contribution < -0.4 is 0 Å². The van der Waals surface area contributed by atoms with Crippen molar-refractivity contribution < 1.29 is 26.1 Å². The average Bonchev–Trinajstić information content (AvgIpc) is 2.89. The van der Waals surface area contributed by atoms with Gasteiger partial charge in [-0.15, -0.1) is 0 Å². The van der Waals surface area contributed by atoms with Gasteiger partial charge in [0.2, 0.25) is 0 Å². The summed E-state index contributed by atoms with van der Waals surface area (Å²) in [7, 11) is -6.41. The van der Waals surface area contributed by atoms with E-state index < -0.39 is 15.6 Å². The molecule has 0 aliphatic carbocycles. The lowest BCUT2D eigenvalue weighted by Gasteiger charge is -2.35. The van der Waals surface area contributed by atoms with Crippen LogP contribution in [0.2, 0.25) is 0 Å². The first-order chi connectivity index (χ1) is 22.4. The van der Waals surface area contributed by atoms with Crippen LogP contribution in [0.3, 0.4) is 0 Å². The Balaban J connectivity index is 0.00000100. The molecule has 3 nitrogen and oxygen atoms in total. The first kappa shape index (κ1) is 44.9. The van der Waals surface area contributed by atoms with Crippen LogP contribution in [0.5, 0.6) is 0 Å². The van der Waals surface area contributed by atoms with Gasteiger partial charge in [-0.2, -0.15) is 13.2 Å². The molecule has 0 fully saturated rings. The smallest absolute Gasteiger partial charge is 0.485 e. The van der Waals surface area contributed by atoms with E-state index >= 15 is 0 Å². The normalized spacial score (nSPS) is 14.0. The quantitative estimate of drug-likeness (QED) is 0.152. The number of halogens is 3. The highest BCUT2D eigenvalue weighted by Crippen LogP contribution is 2.50. The van der Waals surface area contributed by atoms with Crippen LogP contribution in [-0.2, 0) is 53.5 Å². The Kier molecular flexibility index (Phi) is 12.8. The first-order valence-electron chi connectivity index (χ1n) is 17.6. The summed E-state index contributed by atoms with van der Waals surface area (Å²) in [5, 5.41) is 0. The van der Waals surface area contributed by atoms with Crippen LogP contribution >= 0.6 is 0 Å². The standard InChI is InChI=1S/C42H63S.CHF3O3S/c1-37(2,3)28-24-31(39(7,8)9)35(32(25-28)40(10,11)12)43(30-22-20-19-21-23-30)36-33(41(13,14)15)26-29(38(4,5)6)27-34(36)42(16,17)18;2-1(3,4)8(5,6)7/h19-27H,1-18H3;(H,5,6,7)/q+1;/p-1. The van der Waals surface area contributed by atoms with Crippen molar-refractivity contribution in [3.8, 4) is 0 Å². The first-order valence-corrected chi connectivity index (χ1v) is 20.2. The van der Waals surface area contributed by atoms with Gasteiger partial charge in [0.1, 0.15) is 10.9 Å². The summed E-state index contributed by atoms with van der Waals surface area (Å²) in [6.45, 7) is 43.1. The number of hydrogen-bond donors (Lipinski definition) is 0. The highest BCUT2D eigenvalue weighted by Gasteiger charge is 2.46. The maximum absolute atomic E-state index is 10.7. The van der Waals surface area contributed by atoms with Gasteiger partial charge in [-0.1, -0.05) is 143 Å². The number of benzene rings is 3. The minimum absolute atomic E-state index is 0.0221. The SMILES string of the molecule is CC(C)(C)c1cc(C(C)(C)C)c([S+](c2ccccc2)c2c(C(C)(C)C)cc(C(C)(C)C)cc2C(C)(C)C)c(C(C)(C)C)c1.O=S(=O)([O-])C(F)(F)F. The molecule has 3 rings (SSSR count). The third kappa shape index (κ3) is 11.1. The number of hydrogen-bond acceptors (Lipinski definition) is 3. The summed E-state index contributed by atoms with van der Waals surface area (Å²) >= 11 is 0. The van der Waals surface area contributed by atoms with Crippen molar-refractivity contribution in [2.45, 2.75) is 177 Å². The van der Waals surface area contributed by atoms with Gasteiger partial charge in [-0.25, -0.2) is 8.42 Å². The summed E-state index contributed by atoms with van der Waals surface area (Å²) in [5.41, 5.74) is 3.18. The second-order valence-electron chi connectivity index (χ2n) is 19.8.